The largest absolute Gasteiger partial charge is 0.508 e. The van der Waals surface area contributed by atoms with Gasteiger partial charge in [0.1, 0.15) is 40.3 Å². The molecule has 7 rings (SSSR count). The smallest absolute Gasteiger partial charge is 0.335 e. The molecule has 1 aliphatic carbocycles. The van der Waals surface area contributed by atoms with Crippen molar-refractivity contribution >= 4 is 56.1 Å². The number of guanidine groups is 1. The first-order chi connectivity index (χ1) is 25.8. The number of aliphatic hydroxyl groups is 3. The van der Waals surface area contributed by atoms with Gasteiger partial charge in [0.15, 0.2) is 29.0 Å². The monoisotopic (exact) mass is 779 g/mol. The molecule has 1 fully saturated rings. The number of benzene rings is 3. The van der Waals surface area contributed by atoms with Crippen molar-refractivity contribution in [2.24, 2.45) is 16.5 Å². The quantitative estimate of drug-likeness (QED) is 0.0588. The molecule has 3 heterocycles. The Kier molecular flexibility index (Phi) is 10.2. The number of fused-ring (bicyclic) bond motifs is 8. The highest BCUT2D eigenvalue weighted by atomic mass is 33.1. The summed E-state index contributed by atoms with van der Waals surface area (Å²) in [6, 6.07) is 13.6. The normalized spacial score (nSPS) is 25.4. The van der Waals surface area contributed by atoms with Crippen LogP contribution in [0.1, 0.15) is 47.4 Å². The molecule has 54 heavy (non-hydrogen) atoms. The van der Waals surface area contributed by atoms with Gasteiger partial charge < -0.3 is 61.1 Å². The number of carbonyl (C=O) groups is 1. The second-order valence-corrected chi connectivity index (χ2v) is 16.0. The number of phenolic OH excluding ortho intramolecular Hbond substituents is 3. The lowest BCUT2D eigenvalue weighted by Gasteiger charge is -2.45. The van der Waals surface area contributed by atoms with E-state index in [9.17, 15) is 45.3 Å². The van der Waals surface area contributed by atoms with Crippen molar-refractivity contribution in [3.05, 3.63) is 81.0 Å². The first-order valence-corrected chi connectivity index (χ1v) is 19.4. The predicted octanol–water partition coefficient (Wildman–Crippen LogP) is 3.19. The van der Waals surface area contributed by atoms with Gasteiger partial charge in [-0.3, -0.25) is 9.79 Å². The first-order valence-electron chi connectivity index (χ1n) is 16.9. The fourth-order valence-electron chi connectivity index (χ4n) is 7.24. The van der Waals surface area contributed by atoms with Gasteiger partial charge >= 0.3 is 5.97 Å². The van der Waals surface area contributed by atoms with Gasteiger partial charge in [-0.2, -0.15) is 0 Å². The summed E-state index contributed by atoms with van der Waals surface area (Å²) in [4.78, 5) is 29.3. The fourth-order valence-corrected chi connectivity index (χ4v) is 9.42. The highest BCUT2D eigenvalue weighted by Gasteiger charge is 2.58. The summed E-state index contributed by atoms with van der Waals surface area (Å²) >= 11 is 0. The van der Waals surface area contributed by atoms with E-state index in [4.69, 9.17) is 25.4 Å². The molecule has 3 aromatic carbocycles. The van der Waals surface area contributed by atoms with Gasteiger partial charge in [-0.15, -0.1) is 0 Å². The Balaban J connectivity index is 1.36. The molecule has 4 bridgehead atoms. The molecule has 4 aromatic rings. The van der Waals surface area contributed by atoms with Crippen LogP contribution in [0, 0.1) is 0 Å². The zero-order valence-electron chi connectivity index (χ0n) is 28.4. The highest BCUT2D eigenvalue weighted by molar-refractivity contribution is 8.76. The number of nitrogens with two attached hydrogens (primary N) is 2. The topological polar surface area (TPSA) is 272 Å². The van der Waals surface area contributed by atoms with E-state index in [1.165, 1.54) is 11.6 Å². The minimum absolute atomic E-state index is 0.0275. The fraction of sp³-hybridized carbons (Fsp3) is 0.324. The number of aliphatic carboxylic acids is 1. The minimum atomic E-state index is -2.72. The summed E-state index contributed by atoms with van der Waals surface area (Å²) in [5.41, 5.74) is 12.1. The summed E-state index contributed by atoms with van der Waals surface area (Å²) in [6.07, 6.45) is -4.01. The number of aliphatic imine (C=N–C) groups is 1. The van der Waals surface area contributed by atoms with Gasteiger partial charge in [0.2, 0.25) is 12.0 Å². The molecular formula is C37H37N3O12S2. The van der Waals surface area contributed by atoms with Gasteiger partial charge in [-0.1, -0.05) is 51.9 Å². The van der Waals surface area contributed by atoms with Crippen molar-refractivity contribution in [1.29, 1.82) is 0 Å². The van der Waals surface area contributed by atoms with Crippen LogP contribution in [-0.4, -0.2) is 90.2 Å². The number of phenols is 3. The van der Waals surface area contributed by atoms with Gasteiger partial charge in [0, 0.05) is 29.2 Å². The van der Waals surface area contributed by atoms with Crippen LogP contribution in [0.5, 0.6) is 23.0 Å². The van der Waals surface area contributed by atoms with E-state index in [0.717, 1.165) is 35.8 Å². The average Bonchev–Trinajstić information content (AvgIpc) is 3.13. The Labute approximate surface area is 314 Å². The van der Waals surface area contributed by atoms with Crippen LogP contribution in [0.3, 0.4) is 0 Å². The number of hydrogen-bond donors (Lipinski definition) is 9. The number of nitrogens with zero attached hydrogens (tertiary/aromatic N) is 1. The van der Waals surface area contributed by atoms with E-state index in [1.807, 2.05) is 18.2 Å². The van der Waals surface area contributed by atoms with Crippen molar-refractivity contribution in [2.75, 3.05) is 12.3 Å². The van der Waals surface area contributed by atoms with Gasteiger partial charge in [-0.05, 0) is 65.1 Å². The van der Waals surface area contributed by atoms with Gasteiger partial charge in [0.05, 0.1) is 6.54 Å². The van der Waals surface area contributed by atoms with E-state index < -0.39 is 76.7 Å². The maximum Gasteiger partial charge on any atom is 0.335 e. The van der Waals surface area contributed by atoms with E-state index in [2.05, 4.69) is 17.1 Å². The SMILES string of the molecule is NC(N)=NC[C@]1(O)[C@H](O)[C@@H](C(=O)O)O[C@@H](Oc2cc3oc(-c4c5cc(O)cc4C4=Cc6ccccc6[C@@H](CCCSSC5)C4)cc(=O)c3c(O)c2O)[C@@H]1O. The third-order valence-electron chi connectivity index (χ3n) is 9.89. The molecule has 6 atom stereocenters. The van der Waals surface area contributed by atoms with Crippen LogP contribution in [0.2, 0.25) is 0 Å². The lowest BCUT2D eigenvalue weighted by atomic mass is 9.77. The van der Waals surface area contributed by atoms with Crippen molar-refractivity contribution in [3.8, 4) is 34.3 Å². The second-order valence-electron chi connectivity index (χ2n) is 13.4. The molecule has 17 heteroatoms. The predicted molar refractivity (Wildman–Crippen MR) is 202 cm³/mol. The molecule has 0 saturated carbocycles. The lowest BCUT2D eigenvalue weighted by molar-refractivity contribution is -0.303. The summed E-state index contributed by atoms with van der Waals surface area (Å²) in [5, 5.41) is 75.2. The van der Waals surface area contributed by atoms with Gasteiger partial charge in [0.25, 0.3) is 0 Å². The highest BCUT2D eigenvalue weighted by Crippen LogP contribution is 2.48. The number of rotatable bonds is 6. The number of carboxylic acids is 1. The van der Waals surface area contributed by atoms with Gasteiger partial charge in [-0.25, -0.2) is 4.79 Å². The Hall–Kier alpha value is -4.91. The molecule has 0 amide bonds. The number of allylic oxidation sites excluding steroid dienone is 1. The van der Waals surface area contributed by atoms with Crippen LogP contribution in [-0.2, 0) is 15.3 Å². The maximum atomic E-state index is 13.7. The third-order valence-corrected chi connectivity index (χ3v) is 12.3. The molecule has 15 nitrogen and oxygen atoms in total. The zero-order valence-corrected chi connectivity index (χ0v) is 30.0. The first kappa shape index (κ1) is 37.4. The Morgan fingerprint density at radius 3 is 2.57 bits per heavy atom. The maximum absolute atomic E-state index is 13.7. The Bertz CT molecular complexity index is 2260. The number of hydrogen-bond acceptors (Lipinski definition) is 14. The number of carboxylic acid groups (broad SMARTS) is 1. The molecule has 1 saturated heterocycles. The lowest BCUT2D eigenvalue weighted by Crippen LogP contribution is -2.70. The van der Waals surface area contributed by atoms with Crippen LogP contribution in [0.25, 0.3) is 33.9 Å². The number of ether oxygens (including phenoxy) is 2. The zero-order chi connectivity index (χ0) is 38.5. The molecule has 2 aliphatic heterocycles. The molecule has 0 unspecified atom stereocenters. The van der Waals surface area contributed by atoms with E-state index in [0.29, 0.717) is 28.9 Å². The van der Waals surface area contributed by atoms with Crippen molar-refractivity contribution in [3.63, 3.8) is 0 Å². The summed E-state index contributed by atoms with van der Waals surface area (Å²) in [7, 11) is 3.30. The van der Waals surface area contributed by atoms with E-state index >= 15 is 0 Å². The molecule has 1 aromatic heterocycles. The number of aliphatic hydroxyl groups excluding tert-OH is 2. The van der Waals surface area contributed by atoms with Crippen molar-refractivity contribution in [2.45, 2.75) is 61.1 Å². The molecule has 284 valence electrons. The van der Waals surface area contributed by atoms with Crippen LogP contribution in [0.4, 0.5) is 0 Å². The second kappa shape index (κ2) is 14.7. The molecular weight excluding hydrogens is 743 g/mol. The van der Waals surface area contributed by atoms with E-state index in [-0.39, 0.29) is 23.0 Å². The standard InChI is InChI=1S/C37H37N3O12S2/c38-36(39)40-15-37(49)32(45)31(34(47)48)52-35(33(37)46)51-26-13-25-28(30(44)29(26)43)23(42)12-24(50-25)27-19-10-20(41)11-22(27)18-8-16-4-1-2-6-21(16)17(9-18)5-3-7-53-54-14-19/h1-2,4,6,8,10-13,17,31-33,35,41,43-46,49H,3,5,7,9,14-15H2,(H,47,48)(H4,38,39,40)/t17-,31-,32+,33-,35+,37-/m0/s1. The van der Waals surface area contributed by atoms with Crippen LogP contribution < -0.4 is 21.6 Å². The summed E-state index contributed by atoms with van der Waals surface area (Å²) in [6.45, 7) is -0.866. The third kappa shape index (κ3) is 6.82. The number of aromatic hydroxyl groups is 3. The molecule has 0 radical (unpaired) electrons. The Morgan fingerprint density at radius 1 is 1.04 bits per heavy atom. The molecule has 3 aliphatic rings. The molecule has 11 N–H and O–H groups in total. The van der Waals surface area contributed by atoms with E-state index in [1.54, 1.807) is 33.7 Å². The van der Waals surface area contributed by atoms with Crippen molar-refractivity contribution < 1.29 is 54.4 Å². The molecule has 0 spiro atoms. The van der Waals surface area contributed by atoms with Crippen LogP contribution in [0.15, 0.2) is 62.7 Å². The minimum Gasteiger partial charge on any atom is -0.508 e. The summed E-state index contributed by atoms with van der Waals surface area (Å²) in [5.74, 6) is -3.16. The Morgan fingerprint density at radius 2 is 1.81 bits per heavy atom. The van der Waals surface area contributed by atoms with Crippen LogP contribution >= 0.6 is 21.6 Å². The summed E-state index contributed by atoms with van der Waals surface area (Å²) < 4.78 is 17.3. The average molecular weight is 780 g/mol. The van der Waals surface area contributed by atoms with Crippen molar-refractivity contribution in [1.82, 2.24) is 0 Å².